The summed E-state index contributed by atoms with van der Waals surface area (Å²) in [6, 6.07) is 0. The number of nitrogens with one attached hydrogen (secondary N) is 1. The Morgan fingerprint density at radius 1 is 1.29 bits per heavy atom. The van der Waals surface area contributed by atoms with Gasteiger partial charge in [0.15, 0.2) is 0 Å². The molecule has 1 amide bonds. The van der Waals surface area contributed by atoms with Crippen LogP contribution in [0.4, 0.5) is 0 Å². The maximum atomic E-state index is 12.5. The van der Waals surface area contributed by atoms with Crippen LogP contribution < -0.4 is 5.32 Å². The van der Waals surface area contributed by atoms with Crippen molar-refractivity contribution in [3.63, 3.8) is 0 Å². The van der Waals surface area contributed by atoms with Crippen LogP contribution in [0.3, 0.4) is 0 Å². The van der Waals surface area contributed by atoms with Crippen LogP contribution in [0.15, 0.2) is 10.7 Å². The number of amides is 1. The molecular weight excluding hydrogens is 366 g/mol. The Hall–Kier alpha value is -0.840. The van der Waals surface area contributed by atoms with Crippen molar-refractivity contribution in [3.8, 4) is 0 Å². The molecule has 0 atom stereocenters. The van der Waals surface area contributed by atoms with E-state index in [1.165, 1.54) is 38.5 Å². The highest BCUT2D eigenvalue weighted by molar-refractivity contribution is 9.10. The van der Waals surface area contributed by atoms with Crippen molar-refractivity contribution in [2.45, 2.75) is 64.8 Å². The van der Waals surface area contributed by atoms with E-state index in [2.05, 4.69) is 26.3 Å². The van der Waals surface area contributed by atoms with Gasteiger partial charge in [0.1, 0.15) is 0 Å². The molecule has 5 heteroatoms. The lowest BCUT2D eigenvalue weighted by Crippen LogP contribution is -2.48. The number of aryl methyl sites for hydroxylation is 2. The quantitative estimate of drug-likeness (QED) is 0.740. The first-order valence-corrected chi connectivity index (χ1v) is 10.3. The lowest BCUT2D eigenvalue weighted by molar-refractivity contribution is -0.129. The van der Waals surface area contributed by atoms with E-state index >= 15 is 0 Å². The zero-order valence-electron chi connectivity index (χ0n) is 14.6. The summed E-state index contributed by atoms with van der Waals surface area (Å²) in [5, 5.41) is 7.59. The van der Waals surface area contributed by atoms with E-state index < -0.39 is 0 Å². The van der Waals surface area contributed by atoms with Crippen LogP contribution in [0.25, 0.3) is 0 Å². The zero-order valence-corrected chi connectivity index (χ0v) is 16.1. The van der Waals surface area contributed by atoms with Crippen molar-refractivity contribution in [1.29, 1.82) is 0 Å². The Labute approximate surface area is 152 Å². The molecule has 0 spiro atoms. The van der Waals surface area contributed by atoms with Gasteiger partial charge < -0.3 is 5.32 Å². The molecule has 4 bridgehead atoms. The fourth-order valence-corrected chi connectivity index (χ4v) is 6.30. The first-order valence-electron chi connectivity index (χ1n) is 9.48. The third kappa shape index (κ3) is 3.42. The van der Waals surface area contributed by atoms with E-state index in [1.54, 1.807) is 0 Å². The van der Waals surface area contributed by atoms with Gasteiger partial charge in [0.2, 0.25) is 5.91 Å². The van der Waals surface area contributed by atoms with E-state index in [0.29, 0.717) is 5.41 Å². The lowest BCUT2D eigenvalue weighted by Gasteiger charge is -2.56. The summed E-state index contributed by atoms with van der Waals surface area (Å²) in [5.41, 5.74) is 1.36. The Kier molecular flexibility index (Phi) is 4.48. The van der Waals surface area contributed by atoms with Gasteiger partial charge in [-0.1, -0.05) is 0 Å². The minimum absolute atomic E-state index is 0.273. The summed E-state index contributed by atoms with van der Waals surface area (Å²) in [6.45, 7) is 3.60. The normalized spacial score (nSPS) is 33.8. The van der Waals surface area contributed by atoms with Crippen molar-refractivity contribution >= 4 is 21.8 Å². The summed E-state index contributed by atoms with van der Waals surface area (Å²) >= 11 is 3.48. The van der Waals surface area contributed by atoms with Crippen molar-refractivity contribution in [1.82, 2.24) is 15.1 Å². The fourth-order valence-electron chi connectivity index (χ4n) is 5.99. The van der Waals surface area contributed by atoms with E-state index in [1.807, 2.05) is 17.8 Å². The van der Waals surface area contributed by atoms with Crippen LogP contribution in [-0.4, -0.2) is 22.2 Å². The van der Waals surface area contributed by atoms with Crippen molar-refractivity contribution in [2.24, 2.45) is 23.2 Å². The highest BCUT2D eigenvalue weighted by Crippen LogP contribution is 2.61. The van der Waals surface area contributed by atoms with Gasteiger partial charge in [-0.15, -0.1) is 0 Å². The summed E-state index contributed by atoms with van der Waals surface area (Å²) in [6.07, 6.45) is 12.0. The minimum Gasteiger partial charge on any atom is -0.356 e. The van der Waals surface area contributed by atoms with Gasteiger partial charge in [-0.3, -0.25) is 9.48 Å². The number of aromatic nitrogens is 2. The Bertz CT molecular complexity index is 569. The van der Waals surface area contributed by atoms with Crippen molar-refractivity contribution in [3.05, 3.63) is 16.4 Å². The van der Waals surface area contributed by atoms with Gasteiger partial charge >= 0.3 is 0 Å². The number of halogens is 1. The van der Waals surface area contributed by atoms with Crippen LogP contribution in [0.5, 0.6) is 0 Å². The van der Waals surface area contributed by atoms with Gasteiger partial charge in [-0.05, 0) is 91.0 Å². The highest BCUT2D eigenvalue weighted by Gasteiger charge is 2.51. The largest absolute Gasteiger partial charge is 0.356 e. The van der Waals surface area contributed by atoms with Crippen LogP contribution in [-0.2, 0) is 11.3 Å². The van der Waals surface area contributed by atoms with E-state index in [0.717, 1.165) is 53.9 Å². The molecule has 0 saturated heterocycles. The number of hydrogen-bond acceptors (Lipinski definition) is 2. The van der Waals surface area contributed by atoms with Crippen molar-refractivity contribution < 1.29 is 4.79 Å². The van der Waals surface area contributed by atoms with Crippen LogP contribution in [0.2, 0.25) is 0 Å². The van der Waals surface area contributed by atoms with E-state index in [9.17, 15) is 4.79 Å². The molecule has 0 aliphatic heterocycles. The molecule has 1 N–H and O–H groups in total. The third-order valence-corrected chi connectivity index (χ3v) is 7.25. The SMILES string of the molecule is Cc1nn(CCCNC(=O)CC23CC4CC(CC(C4)C2)C3)cc1Br. The summed E-state index contributed by atoms with van der Waals surface area (Å²) in [5.74, 6) is 3.04. The van der Waals surface area contributed by atoms with Gasteiger partial charge in [0.05, 0.1) is 10.2 Å². The molecular formula is C19H28BrN3O. The topological polar surface area (TPSA) is 46.9 Å². The monoisotopic (exact) mass is 393 g/mol. The number of hydrogen-bond donors (Lipinski definition) is 1. The first kappa shape index (κ1) is 16.6. The van der Waals surface area contributed by atoms with Gasteiger partial charge in [-0.25, -0.2) is 0 Å². The molecule has 0 aromatic carbocycles. The number of carbonyl (C=O) groups is 1. The third-order valence-electron chi connectivity index (χ3n) is 6.47. The Balaban J connectivity index is 1.22. The molecule has 4 fully saturated rings. The lowest BCUT2D eigenvalue weighted by atomic mass is 9.49. The van der Waals surface area contributed by atoms with Gasteiger partial charge in [0, 0.05) is 25.7 Å². The zero-order chi connectivity index (χ0) is 16.7. The Morgan fingerprint density at radius 3 is 2.46 bits per heavy atom. The van der Waals surface area contributed by atoms with Crippen molar-refractivity contribution in [2.75, 3.05) is 6.54 Å². The smallest absolute Gasteiger partial charge is 0.220 e. The molecule has 4 aliphatic rings. The number of carbonyl (C=O) groups excluding carboxylic acids is 1. The molecule has 132 valence electrons. The maximum absolute atomic E-state index is 12.5. The van der Waals surface area contributed by atoms with Crippen LogP contribution in [0, 0.1) is 30.1 Å². The second kappa shape index (κ2) is 6.47. The standard InChI is InChI=1S/C19H28BrN3O/c1-13-17(20)12-23(22-13)4-2-3-21-18(24)11-19-8-14-5-15(9-19)7-16(6-14)10-19/h12,14-16H,2-11H2,1H3,(H,21,24). The maximum Gasteiger partial charge on any atom is 0.220 e. The molecule has 4 saturated carbocycles. The second-order valence-corrected chi connectivity index (χ2v) is 9.48. The van der Waals surface area contributed by atoms with Crippen LogP contribution in [0.1, 0.15) is 57.1 Å². The minimum atomic E-state index is 0.273. The fraction of sp³-hybridized carbons (Fsp3) is 0.789. The second-order valence-electron chi connectivity index (χ2n) is 8.62. The summed E-state index contributed by atoms with van der Waals surface area (Å²) < 4.78 is 3.00. The predicted molar refractivity (Wildman–Crippen MR) is 97.5 cm³/mol. The predicted octanol–water partition coefficient (Wildman–Crippen LogP) is 4.07. The number of rotatable bonds is 6. The molecule has 24 heavy (non-hydrogen) atoms. The van der Waals surface area contributed by atoms with E-state index in [4.69, 9.17) is 0 Å². The summed E-state index contributed by atoms with van der Waals surface area (Å²) in [4.78, 5) is 12.5. The molecule has 4 aliphatic carbocycles. The average molecular weight is 394 g/mol. The number of nitrogens with zero attached hydrogens (tertiary/aromatic N) is 2. The molecule has 4 nitrogen and oxygen atoms in total. The molecule has 1 aromatic heterocycles. The van der Waals surface area contributed by atoms with E-state index in [-0.39, 0.29) is 5.91 Å². The van der Waals surface area contributed by atoms with Gasteiger partial charge in [0.25, 0.3) is 0 Å². The highest BCUT2D eigenvalue weighted by atomic mass is 79.9. The molecule has 0 radical (unpaired) electrons. The summed E-state index contributed by atoms with van der Waals surface area (Å²) in [7, 11) is 0. The molecule has 0 unspecified atom stereocenters. The van der Waals surface area contributed by atoms with Gasteiger partial charge in [-0.2, -0.15) is 5.10 Å². The molecule has 1 heterocycles. The Morgan fingerprint density at radius 2 is 1.92 bits per heavy atom. The molecule has 1 aromatic rings. The molecule has 5 rings (SSSR count). The average Bonchev–Trinajstić information content (AvgIpc) is 2.80. The van der Waals surface area contributed by atoms with Crippen LogP contribution >= 0.6 is 15.9 Å². The first-order chi connectivity index (χ1) is 11.5.